The summed E-state index contributed by atoms with van der Waals surface area (Å²) in [5, 5.41) is 5.23. The summed E-state index contributed by atoms with van der Waals surface area (Å²) in [5.74, 6) is 1.03. The third-order valence-electron chi connectivity index (χ3n) is 6.31. The lowest BCUT2D eigenvalue weighted by Gasteiger charge is -2.50. The van der Waals surface area contributed by atoms with Crippen molar-refractivity contribution in [3.05, 3.63) is 29.8 Å². The molecule has 27 heavy (non-hydrogen) atoms. The zero-order chi connectivity index (χ0) is 19.0. The van der Waals surface area contributed by atoms with Crippen LogP contribution in [0.1, 0.15) is 31.2 Å². The van der Waals surface area contributed by atoms with E-state index in [0.717, 1.165) is 43.5 Å². The smallest absolute Gasteiger partial charge is 0.241 e. The molecule has 146 valence electrons. The van der Waals surface area contributed by atoms with Gasteiger partial charge in [-0.2, -0.15) is 0 Å². The number of rotatable bonds is 4. The van der Waals surface area contributed by atoms with Gasteiger partial charge in [-0.3, -0.25) is 15.0 Å². The van der Waals surface area contributed by atoms with Crippen LogP contribution in [0.3, 0.4) is 0 Å². The molecular formula is C20H28N4O3. The number of carbonyl (C=O) groups excluding carboxylic acids is 2. The van der Waals surface area contributed by atoms with Crippen molar-refractivity contribution in [2.45, 2.75) is 50.4 Å². The normalized spacial score (nSPS) is 30.6. The number of benzene rings is 1. The first-order chi connectivity index (χ1) is 13.1. The second-order valence-electron chi connectivity index (χ2n) is 7.78. The Labute approximate surface area is 160 Å². The Morgan fingerprint density at radius 3 is 2.74 bits per heavy atom. The largest absolute Gasteiger partial charge is 0.497 e. The highest BCUT2D eigenvalue weighted by Gasteiger charge is 2.50. The molecule has 2 saturated heterocycles. The Kier molecular flexibility index (Phi) is 5.06. The van der Waals surface area contributed by atoms with Gasteiger partial charge < -0.3 is 15.0 Å². The molecule has 2 amide bonds. The lowest BCUT2D eigenvalue weighted by atomic mass is 9.79. The summed E-state index contributed by atoms with van der Waals surface area (Å²) in [7, 11) is 3.54. The van der Waals surface area contributed by atoms with Crippen molar-refractivity contribution < 1.29 is 14.3 Å². The van der Waals surface area contributed by atoms with E-state index in [0.29, 0.717) is 12.6 Å². The second-order valence-corrected chi connectivity index (χ2v) is 7.78. The van der Waals surface area contributed by atoms with Crippen molar-refractivity contribution in [2.24, 2.45) is 5.92 Å². The first kappa shape index (κ1) is 18.3. The minimum absolute atomic E-state index is 0.0308. The van der Waals surface area contributed by atoms with Crippen LogP contribution in [0.15, 0.2) is 24.3 Å². The summed E-state index contributed by atoms with van der Waals surface area (Å²) in [6.07, 6.45) is 3.40. The third kappa shape index (κ3) is 3.41. The van der Waals surface area contributed by atoms with Crippen LogP contribution in [-0.4, -0.2) is 60.6 Å². The summed E-state index contributed by atoms with van der Waals surface area (Å²) >= 11 is 0. The lowest BCUT2D eigenvalue weighted by molar-refractivity contribution is -0.153. The summed E-state index contributed by atoms with van der Waals surface area (Å²) in [6.45, 7) is 1.37. The molecule has 7 nitrogen and oxygen atoms in total. The maximum atomic E-state index is 12.7. The first-order valence-electron chi connectivity index (χ1n) is 9.77. The Morgan fingerprint density at radius 1 is 1.22 bits per heavy atom. The van der Waals surface area contributed by atoms with Crippen LogP contribution in [0.4, 0.5) is 0 Å². The molecule has 2 aliphatic heterocycles. The van der Waals surface area contributed by atoms with Gasteiger partial charge in [-0.25, -0.2) is 5.01 Å². The van der Waals surface area contributed by atoms with Gasteiger partial charge in [0.15, 0.2) is 0 Å². The van der Waals surface area contributed by atoms with E-state index < -0.39 is 0 Å². The van der Waals surface area contributed by atoms with E-state index in [1.54, 1.807) is 7.11 Å². The number of amides is 2. The van der Waals surface area contributed by atoms with Crippen LogP contribution in [-0.2, 0) is 16.1 Å². The quantitative estimate of drug-likeness (QED) is 0.822. The number of hydrazine groups is 1. The molecule has 2 N–H and O–H groups in total. The summed E-state index contributed by atoms with van der Waals surface area (Å²) in [5.41, 5.74) is 4.43. The fourth-order valence-electron chi connectivity index (χ4n) is 4.76. The third-order valence-corrected chi connectivity index (χ3v) is 6.31. The zero-order valence-corrected chi connectivity index (χ0v) is 16.0. The van der Waals surface area contributed by atoms with Gasteiger partial charge in [-0.15, -0.1) is 0 Å². The fourth-order valence-corrected chi connectivity index (χ4v) is 4.76. The fraction of sp³-hybridized carbons (Fsp3) is 0.600. The van der Waals surface area contributed by atoms with Gasteiger partial charge in [0, 0.05) is 38.1 Å². The molecule has 7 heteroatoms. The van der Waals surface area contributed by atoms with E-state index >= 15 is 0 Å². The Bertz CT molecular complexity index is 708. The predicted molar refractivity (Wildman–Crippen MR) is 101 cm³/mol. The van der Waals surface area contributed by atoms with E-state index in [2.05, 4.69) is 15.8 Å². The van der Waals surface area contributed by atoms with Crippen LogP contribution >= 0.6 is 0 Å². The van der Waals surface area contributed by atoms with Gasteiger partial charge in [0.05, 0.1) is 7.11 Å². The molecule has 4 rings (SSSR count). The zero-order valence-electron chi connectivity index (χ0n) is 16.0. The lowest BCUT2D eigenvalue weighted by Crippen LogP contribution is -2.67. The molecule has 1 aliphatic carbocycles. The molecule has 0 spiro atoms. The summed E-state index contributed by atoms with van der Waals surface area (Å²) in [4.78, 5) is 27.2. The van der Waals surface area contributed by atoms with Crippen molar-refractivity contribution in [3.63, 3.8) is 0 Å². The van der Waals surface area contributed by atoms with Crippen molar-refractivity contribution in [1.82, 2.24) is 20.7 Å². The van der Waals surface area contributed by atoms with E-state index in [1.165, 1.54) is 0 Å². The van der Waals surface area contributed by atoms with Crippen molar-refractivity contribution in [3.8, 4) is 5.75 Å². The number of piperazine rings is 1. The van der Waals surface area contributed by atoms with E-state index in [9.17, 15) is 9.59 Å². The number of ether oxygens (including phenoxy) is 1. The summed E-state index contributed by atoms with van der Waals surface area (Å²) < 4.78 is 5.16. The molecule has 1 aromatic carbocycles. The highest BCUT2D eigenvalue weighted by Crippen LogP contribution is 2.36. The van der Waals surface area contributed by atoms with Gasteiger partial charge in [-0.05, 0) is 43.4 Å². The number of nitrogens with zero attached hydrogens (tertiary/aromatic N) is 2. The monoisotopic (exact) mass is 372 g/mol. The van der Waals surface area contributed by atoms with Gasteiger partial charge >= 0.3 is 0 Å². The van der Waals surface area contributed by atoms with Crippen molar-refractivity contribution in [2.75, 3.05) is 20.7 Å². The van der Waals surface area contributed by atoms with E-state index in [-0.39, 0.29) is 29.8 Å². The minimum atomic E-state index is -0.0427. The highest BCUT2D eigenvalue weighted by atomic mass is 16.5. The van der Waals surface area contributed by atoms with Gasteiger partial charge in [0.2, 0.25) is 11.8 Å². The number of hydrogen-bond acceptors (Lipinski definition) is 5. The van der Waals surface area contributed by atoms with E-state index in [1.807, 2.05) is 36.2 Å². The molecular weight excluding hydrogens is 344 g/mol. The Morgan fingerprint density at radius 2 is 2.00 bits per heavy atom. The van der Waals surface area contributed by atoms with Crippen molar-refractivity contribution >= 4 is 11.8 Å². The molecule has 2 heterocycles. The number of methoxy groups -OCH3 is 1. The summed E-state index contributed by atoms with van der Waals surface area (Å²) in [6, 6.07) is 8.10. The molecule has 4 atom stereocenters. The average Bonchev–Trinajstić information content (AvgIpc) is 3.20. The second kappa shape index (κ2) is 7.48. The van der Waals surface area contributed by atoms with Gasteiger partial charge in [-0.1, -0.05) is 12.1 Å². The minimum Gasteiger partial charge on any atom is -0.497 e. The van der Waals surface area contributed by atoms with Crippen LogP contribution in [0, 0.1) is 5.92 Å². The molecule has 1 saturated carbocycles. The number of likely N-dealkylation sites (N-methyl/N-ethyl adjacent to an activating group) is 1. The molecule has 4 unspecified atom stereocenters. The highest BCUT2D eigenvalue weighted by molar-refractivity contribution is 5.84. The average molecular weight is 372 g/mol. The number of fused-ring (bicyclic) bond motifs is 3. The molecule has 0 bridgehead atoms. The number of nitrogens with one attached hydrogen (secondary N) is 2. The SMILES string of the molecule is COc1ccc(CNC(=O)C2CCC3C(C2)N(C)C(=O)C2CCNN23)cc1. The van der Waals surface area contributed by atoms with Crippen LogP contribution in [0.25, 0.3) is 0 Å². The maximum Gasteiger partial charge on any atom is 0.241 e. The molecule has 3 fully saturated rings. The maximum absolute atomic E-state index is 12.7. The topological polar surface area (TPSA) is 73.9 Å². The Balaban J connectivity index is 1.36. The predicted octanol–water partition coefficient (Wildman–Crippen LogP) is 0.900. The van der Waals surface area contributed by atoms with Crippen LogP contribution < -0.4 is 15.5 Å². The van der Waals surface area contributed by atoms with Crippen LogP contribution in [0.5, 0.6) is 5.75 Å². The molecule has 3 aliphatic rings. The van der Waals surface area contributed by atoms with Crippen LogP contribution in [0.2, 0.25) is 0 Å². The standard InChI is InChI=1S/C20H28N4O3/c1-23-18-11-14(5-8-16(18)24-17(20(23)26)9-10-22-24)19(25)21-12-13-3-6-15(27-2)7-4-13/h3-4,6-7,14,16-18,22H,5,8-12H2,1-2H3,(H,21,25). The van der Waals surface area contributed by atoms with E-state index in [4.69, 9.17) is 4.74 Å². The number of hydrogen-bond donors (Lipinski definition) is 2. The van der Waals surface area contributed by atoms with Gasteiger partial charge in [0.1, 0.15) is 11.8 Å². The van der Waals surface area contributed by atoms with Crippen molar-refractivity contribution in [1.29, 1.82) is 0 Å². The number of carbonyl (C=O) groups is 2. The van der Waals surface area contributed by atoms with Gasteiger partial charge in [0.25, 0.3) is 0 Å². The molecule has 1 aromatic rings. The Hall–Kier alpha value is -2.12. The molecule has 0 aromatic heterocycles. The molecule has 0 radical (unpaired) electrons. The first-order valence-corrected chi connectivity index (χ1v) is 9.77.